The third-order valence-corrected chi connectivity index (χ3v) is 5.65. The standard InChI is InChI=1S/C17H17ClN2O4S/c18-15-7-6-13(17(21)20-8-10-24-11-9-20)12-16(15)25(22,23)19-14-4-2-1-3-5-14/h1-7,12,19H,8-11H2. The van der Waals surface area contributed by atoms with Crippen LogP contribution in [0.25, 0.3) is 0 Å². The number of hydrogen-bond acceptors (Lipinski definition) is 4. The van der Waals surface area contributed by atoms with Crippen LogP contribution in [0.1, 0.15) is 10.4 Å². The monoisotopic (exact) mass is 380 g/mol. The molecule has 2 aromatic carbocycles. The summed E-state index contributed by atoms with van der Waals surface area (Å²) in [5.74, 6) is -0.240. The van der Waals surface area contributed by atoms with Gasteiger partial charge < -0.3 is 9.64 Å². The predicted octanol–water partition coefficient (Wildman–Crippen LogP) is 2.61. The number of carbonyl (C=O) groups is 1. The van der Waals surface area contributed by atoms with Crippen LogP contribution in [0.3, 0.4) is 0 Å². The predicted molar refractivity (Wildman–Crippen MR) is 95.4 cm³/mol. The van der Waals surface area contributed by atoms with Gasteiger partial charge in [-0.2, -0.15) is 0 Å². The Balaban J connectivity index is 1.89. The number of nitrogens with zero attached hydrogens (tertiary/aromatic N) is 1. The Morgan fingerprint density at radius 3 is 2.44 bits per heavy atom. The summed E-state index contributed by atoms with van der Waals surface area (Å²) in [6.45, 7) is 1.90. The van der Waals surface area contributed by atoms with Gasteiger partial charge in [-0.25, -0.2) is 8.42 Å². The number of halogens is 1. The van der Waals surface area contributed by atoms with Gasteiger partial charge in [0.2, 0.25) is 0 Å². The van der Waals surface area contributed by atoms with E-state index in [-0.39, 0.29) is 21.4 Å². The van der Waals surface area contributed by atoms with Crippen LogP contribution in [0.2, 0.25) is 5.02 Å². The summed E-state index contributed by atoms with van der Waals surface area (Å²) in [6.07, 6.45) is 0. The van der Waals surface area contributed by atoms with E-state index in [0.29, 0.717) is 32.0 Å². The van der Waals surface area contributed by atoms with E-state index in [2.05, 4.69) is 4.72 Å². The minimum Gasteiger partial charge on any atom is -0.378 e. The SMILES string of the molecule is O=C(c1ccc(Cl)c(S(=O)(=O)Nc2ccccc2)c1)N1CCOCC1. The number of ether oxygens (including phenoxy) is 1. The molecule has 0 atom stereocenters. The van der Waals surface area contributed by atoms with E-state index in [1.54, 1.807) is 35.2 Å². The molecule has 0 unspecified atom stereocenters. The van der Waals surface area contributed by atoms with Gasteiger partial charge in [0.25, 0.3) is 15.9 Å². The van der Waals surface area contributed by atoms with Gasteiger partial charge in [-0.1, -0.05) is 29.8 Å². The molecule has 2 aromatic rings. The molecule has 1 heterocycles. The van der Waals surface area contributed by atoms with Crippen LogP contribution in [0, 0.1) is 0 Å². The smallest absolute Gasteiger partial charge is 0.263 e. The molecule has 1 saturated heterocycles. The second-order valence-electron chi connectivity index (χ2n) is 5.52. The number of morpholine rings is 1. The number of anilines is 1. The number of benzene rings is 2. The molecule has 6 nitrogen and oxygen atoms in total. The highest BCUT2D eigenvalue weighted by Gasteiger charge is 2.23. The first-order valence-electron chi connectivity index (χ1n) is 7.72. The van der Waals surface area contributed by atoms with Crippen molar-refractivity contribution in [3.05, 3.63) is 59.1 Å². The van der Waals surface area contributed by atoms with Gasteiger partial charge in [-0.05, 0) is 30.3 Å². The van der Waals surface area contributed by atoms with Crippen LogP contribution >= 0.6 is 11.6 Å². The van der Waals surface area contributed by atoms with Gasteiger partial charge in [0.05, 0.1) is 18.2 Å². The summed E-state index contributed by atoms with van der Waals surface area (Å²) < 4.78 is 33.0. The quantitative estimate of drug-likeness (QED) is 0.884. The number of amides is 1. The Morgan fingerprint density at radius 2 is 1.76 bits per heavy atom. The molecule has 0 bridgehead atoms. The molecule has 0 saturated carbocycles. The van der Waals surface area contributed by atoms with E-state index in [0.717, 1.165) is 0 Å². The van der Waals surface area contributed by atoms with Gasteiger partial charge in [0, 0.05) is 24.3 Å². The molecule has 8 heteroatoms. The lowest BCUT2D eigenvalue weighted by atomic mass is 10.2. The fourth-order valence-corrected chi connectivity index (χ4v) is 4.09. The highest BCUT2D eigenvalue weighted by atomic mass is 35.5. The van der Waals surface area contributed by atoms with Crippen LogP contribution in [0.15, 0.2) is 53.4 Å². The highest BCUT2D eigenvalue weighted by Crippen LogP contribution is 2.25. The van der Waals surface area contributed by atoms with E-state index in [4.69, 9.17) is 16.3 Å². The van der Waals surface area contributed by atoms with Crippen molar-refractivity contribution in [3.8, 4) is 0 Å². The Kier molecular flexibility index (Phi) is 5.27. The molecule has 1 aliphatic heterocycles. The molecule has 25 heavy (non-hydrogen) atoms. The number of rotatable bonds is 4. The number of para-hydroxylation sites is 1. The maximum atomic E-state index is 12.6. The number of nitrogens with one attached hydrogen (secondary N) is 1. The fourth-order valence-electron chi connectivity index (χ4n) is 2.51. The largest absolute Gasteiger partial charge is 0.378 e. The topological polar surface area (TPSA) is 75.7 Å². The number of sulfonamides is 1. The van der Waals surface area contributed by atoms with Crippen molar-refractivity contribution in [2.24, 2.45) is 0 Å². The Labute approximate surface area is 151 Å². The van der Waals surface area contributed by atoms with E-state index in [1.165, 1.54) is 18.2 Å². The molecule has 0 spiro atoms. The van der Waals surface area contributed by atoms with Crippen LogP contribution in [0.4, 0.5) is 5.69 Å². The zero-order valence-electron chi connectivity index (χ0n) is 13.3. The molecule has 132 valence electrons. The minimum atomic E-state index is -3.91. The van der Waals surface area contributed by atoms with Crippen molar-refractivity contribution in [2.75, 3.05) is 31.0 Å². The maximum Gasteiger partial charge on any atom is 0.263 e. The molecule has 1 amide bonds. The minimum absolute atomic E-state index is 0.0574. The van der Waals surface area contributed by atoms with Crippen molar-refractivity contribution in [1.29, 1.82) is 0 Å². The Hall–Kier alpha value is -2.09. The van der Waals surface area contributed by atoms with E-state index < -0.39 is 10.0 Å². The molecule has 0 aromatic heterocycles. The first-order valence-corrected chi connectivity index (χ1v) is 9.58. The summed E-state index contributed by atoms with van der Waals surface area (Å²) in [5, 5.41) is 0.0574. The Bertz CT molecular complexity index is 865. The van der Waals surface area contributed by atoms with E-state index >= 15 is 0 Å². The molecule has 1 fully saturated rings. The average molecular weight is 381 g/mol. The summed E-state index contributed by atoms with van der Waals surface area (Å²) in [4.78, 5) is 14.1. The summed E-state index contributed by atoms with van der Waals surface area (Å²) in [5.41, 5.74) is 0.697. The molecule has 0 aliphatic carbocycles. The van der Waals surface area contributed by atoms with Gasteiger partial charge in [0.15, 0.2) is 0 Å². The van der Waals surface area contributed by atoms with Crippen molar-refractivity contribution in [1.82, 2.24) is 4.90 Å². The van der Waals surface area contributed by atoms with Crippen LogP contribution < -0.4 is 4.72 Å². The third-order valence-electron chi connectivity index (χ3n) is 3.79. The average Bonchev–Trinajstić information content (AvgIpc) is 2.62. The van der Waals surface area contributed by atoms with Gasteiger partial charge in [-0.15, -0.1) is 0 Å². The zero-order valence-corrected chi connectivity index (χ0v) is 14.9. The van der Waals surface area contributed by atoms with Gasteiger partial charge in [-0.3, -0.25) is 9.52 Å². The summed E-state index contributed by atoms with van der Waals surface area (Å²) in [7, 11) is -3.91. The van der Waals surface area contributed by atoms with Crippen LogP contribution in [0.5, 0.6) is 0 Å². The molecular formula is C17H17ClN2O4S. The third kappa shape index (κ3) is 4.12. The highest BCUT2D eigenvalue weighted by molar-refractivity contribution is 7.92. The van der Waals surface area contributed by atoms with Crippen LogP contribution in [-0.4, -0.2) is 45.5 Å². The summed E-state index contributed by atoms with van der Waals surface area (Å²) in [6, 6.07) is 12.8. The molecule has 0 radical (unpaired) electrons. The first-order chi connectivity index (χ1) is 12.0. The van der Waals surface area contributed by atoms with Crippen molar-refractivity contribution in [3.63, 3.8) is 0 Å². The Morgan fingerprint density at radius 1 is 1.08 bits per heavy atom. The normalized spacial score (nSPS) is 15.0. The lowest BCUT2D eigenvalue weighted by molar-refractivity contribution is 0.0302. The maximum absolute atomic E-state index is 12.6. The number of hydrogen-bond donors (Lipinski definition) is 1. The van der Waals surface area contributed by atoms with E-state index in [9.17, 15) is 13.2 Å². The molecule has 1 aliphatic rings. The molecule has 3 rings (SSSR count). The van der Waals surface area contributed by atoms with Gasteiger partial charge >= 0.3 is 0 Å². The van der Waals surface area contributed by atoms with Gasteiger partial charge in [0.1, 0.15) is 4.90 Å². The lowest BCUT2D eigenvalue weighted by Gasteiger charge is -2.27. The van der Waals surface area contributed by atoms with E-state index in [1.807, 2.05) is 0 Å². The zero-order chi connectivity index (χ0) is 17.9. The van der Waals surface area contributed by atoms with Crippen molar-refractivity contribution in [2.45, 2.75) is 4.90 Å². The van der Waals surface area contributed by atoms with Crippen molar-refractivity contribution < 1.29 is 17.9 Å². The second kappa shape index (κ2) is 7.43. The second-order valence-corrected chi connectivity index (χ2v) is 7.58. The molecule has 1 N–H and O–H groups in total. The molecular weight excluding hydrogens is 364 g/mol. The van der Waals surface area contributed by atoms with Crippen LogP contribution in [-0.2, 0) is 14.8 Å². The summed E-state index contributed by atoms with van der Waals surface area (Å²) >= 11 is 6.07. The number of carbonyl (C=O) groups excluding carboxylic acids is 1. The lowest BCUT2D eigenvalue weighted by Crippen LogP contribution is -2.40. The first kappa shape index (κ1) is 17.7. The van der Waals surface area contributed by atoms with Crippen molar-refractivity contribution >= 4 is 33.2 Å². The fraction of sp³-hybridized carbons (Fsp3) is 0.235.